The van der Waals surface area contributed by atoms with Crippen LogP contribution in [-0.4, -0.2) is 60.0 Å². The van der Waals surface area contributed by atoms with Crippen LogP contribution in [0.3, 0.4) is 0 Å². The Hall–Kier alpha value is -1.10. The van der Waals surface area contributed by atoms with Crippen LogP contribution in [0, 0.1) is 0 Å². The smallest absolute Gasteiger partial charge is 0.303 e. The SMILES string of the molecule is CN(CCCC(=O)O)C(=O)CCN1CCCC1. The average Bonchev–Trinajstić information content (AvgIpc) is 2.78. The normalized spacial score (nSPS) is 16.1. The molecule has 98 valence electrons. The third kappa shape index (κ3) is 5.68. The van der Waals surface area contributed by atoms with E-state index in [0.29, 0.717) is 19.4 Å². The minimum absolute atomic E-state index is 0.113. The van der Waals surface area contributed by atoms with Crippen LogP contribution in [-0.2, 0) is 9.59 Å². The predicted molar refractivity (Wildman–Crippen MR) is 64.8 cm³/mol. The van der Waals surface area contributed by atoms with Crippen LogP contribution >= 0.6 is 0 Å². The number of amides is 1. The summed E-state index contributed by atoms with van der Waals surface area (Å²) < 4.78 is 0. The summed E-state index contributed by atoms with van der Waals surface area (Å²) in [7, 11) is 1.74. The Balaban J connectivity index is 2.10. The van der Waals surface area contributed by atoms with Gasteiger partial charge in [-0.15, -0.1) is 0 Å². The van der Waals surface area contributed by atoms with Gasteiger partial charge in [-0.1, -0.05) is 0 Å². The Morgan fingerprint density at radius 1 is 1.24 bits per heavy atom. The van der Waals surface area contributed by atoms with Gasteiger partial charge in [-0.2, -0.15) is 0 Å². The van der Waals surface area contributed by atoms with Crippen LogP contribution in [0.4, 0.5) is 0 Å². The fourth-order valence-electron chi connectivity index (χ4n) is 2.04. The number of carboxylic acid groups (broad SMARTS) is 1. The van der Waals surface area contributed by atoms with Crippen LogP contribution in [0.1, 0.15) is 32.1 Å². The van der Waals surface area contributed by atoms with Gasteiger partial charge in [0.2, 0.25) is 5.91 Å². The van der Waals surface area contributed by atoms with Crippen LogP contribution in [0.5, 0.6) is 0 Å². The third-order valence-electron chi connectivity index (χ3n) is 3.15. The maximum Gasteiger partial charge on any atom is 0.303 e. The van der Waals surface area contributed by atoms with Crippen molar-refractivity contribution in [2.45, 2.75) is 32.1 Å². The van der Waals surface area contributed by atoms with Crippen molar-refractivity contribution in [1.82, 2.24) is 9.80 Å². The number of hydrogen-bond acceptors (Lipinski definition) is 3. The molecule has 0 aliphatic carbocycles. The van der Waals surface area contributed by atoms with Crippen LogP contribution in [0.25, 0.3) is 0 Å². The number of hydrogen-bond donors (Lipinski definition) is 1. The number of rotatable bonds is 7. The van der Waals surface area contributed by atoms with Gasteiger partial charge in [0.25, 0.3) is 0 Å². The molecule has 0 saturated carbocycles. The second kappa shape index (κ2) is 7.27. The van der Waals surface area contributed by atoms with Crippen LogP contribution in [0.15, 0.2) is 0 Å². The van der Waals surface area contributed by atoms with Gasteiger partial charge < -0.3 is 14.9 Å². The molecule has 17 heavy (non-hydrogen) atoms. The third-order valence-corrected chi connectivity index (χ3v) is 3.15. The van der Waals surface area contributed by atoms with Crippen LogP contribution in [0.2, 0.25) is 0 Å². The van der Waals surface area contributed by atoms with E-state index in [1.807, 2.05) is 0 Å². The molecule has 0 aromatic heterocycles. The molecule has 1 amide bonds. The lowest BCUT2D eigenvalue weighted by Crippen LogP contribution is -2.31. The fraction of sp³-hybridized carbons (Fsp3) is 0.833. The lowest BCUT2D eigenvalue weighted by Gasteiger charge is -2.19. The van der Waals surface area contributed by atoms with Gasteiger partial charge in [-0.3, -0.25) is 9.59 Å². The van der Waals surface area contributed by atoms with Gasteiger partial charge in [0, 0.05) is 33.0 Å². The molecule has 0 radical (unpaired) electrons. The lowest BCUT2D eigenvalue weighted by molar-refractivity contribution is -0.138. The number of likely N-dealkylation sites (tertiary alicyclic amines) is 1. The van der Waals surface area contributed by atoms with Crippen molar-refractivity contribution in [1.29, 1.82) is 0 Å². The van der Waals surface area contributed by atoms with Gasteiger partial charge in [-0.25, -0.2) is 0 Å². The monoisotopic (exact) mass is 242 g/mol. The molecule has 0 aromatic rings. The van der Waals surface area contributed by atoms with E-state index in [-0.39, 0.29) is 12.3 Å². The standard InChI is InChI=1S/C12H22N2O3/c1-13(7-4-5-12(16)17)11(15)6-10-14-8-2-3-9-14/h2-10H2,1H3,(H,16,17). The molecule has 0 spiro atoms. The zero-order chi connectivity index (χ0) is 12.7. The maximum absolute atomic E-state index is 11.7. The molecule has 1 N–H and O–H groups in total. The average molecular weight is 242 g/mol. The highest BCUT2D eigenvalue weighted by Crippen LogP contribution is 2.08. The molecule has 1 heterocycles. The summed E-state index contributed by atoms with van der Waals surface area (Å²) >= 11 is 0. The van der Waals surface area contributed by atoms with Crippen LogP contribution < -0.4 is 0 Å². The second-order valence-electron chi connectivity index (χ2n) is 4.61. The Bertz CT molecular complexity index is 262. The number of carboxylic acids is 1. The Morgan fingerprint density at radius 3 is 2.47 bits per heavy atom. The molecule has 0 unspecified atom stereocenters. The first-order valence-corrected chi connectivity index (χ1v) is 6.27. The van der Waals surface area contributed by atoms with Crippen molar-refractivity contribution < 1.29 is 14.7 Å². The topological polar surface area (TPSA) is 60.9 Å². The first-order valence-electron chi connectivity index (χ1n) is 6.27. The number of nitrogens with zero attached hydrogens (tertiary/aromatic N) is 2. The Kier molecular flexibility index (Phi) is 5.97. The van der Waals surface area contributed by atoms with Crippen molar-refractivity contribution in [3.8, 4) is 0 Å². The van der Waals surface area contributed by atoms with Crippen molar-refractivity contribution in [2.75, 3.05) is 33.2 Å². The zero-order valence-electron chi connectivity index (χ0n) is 10.5. The van der Waals surface area contributed by atoms with Gasteiger partial charge in [-0.05, 0) is 32.4 Å². The molecule has 0 aromatic carbocycles. The number of aliphatic carboxylic acids is 1. The molecule has 1 rings (SSSR count). The highest BCUT2D eigenvalue weighted by molar-refractivity contribution is 5.76. The van der Waals surface area contributed by atoms with E-state index >= 15 is 0 Å². The molecular weight excluding hydrogens is 220 g/mol. The summed E-state index contributed by atoms with van der Waals surface area (Å²) in [5, 5.41) is 8.50. The maximum atomic E-state index is 11.7. The summed E-state index contributed by atoms with van der Waals surface area (Å²) in [6.45, 7) is 3.58. The molecular formula is C12H22N2O3. The van der Waals surface area contributed by atoms with E-state index < -0.39 is 5.97 Å². The largest absolute Gasteiger partial charge is 0.481 e. The highest BCUT2D eigenvalue weighted by Gasteiger charge is 2.14. The number of carbonyl (C=O) groups is 2. The number of carbonyl (C=O) groups excluding carboxylic acids is 1. The van der Waals surface area contributed by atoms with Crippen molar-refractivity contribution in [3.63, 3.8) is 0 Å². The minimum Gasteiger partial charge on any atom is -0.481 e. The van der Waals surface area contributed by atoms with Gasteiger partial charge >= 0.3 is 5.97 Å². The van der Waals surface area contributed by atoms with E-state index in [4.69, 9.17) is 5.11 Å². The summed E-state index contributed by atoms with van der Waals surface area (Å²) in [5.74, 6) is -0.690. The van der Waals surface area contributed by atoms with Crippen molar-refractivity contribution in [3.05, 3.63) is 0 Å². The quantitative estimate of drug-likeness (QED) is 0.717. The lowest BCUT2D eigenvalue weighted by atomic mass is 10.3. The van der Waals surface area contributed by atoms with Crippen molar-refractivity contribution in [2.24, 2.45) is 0 Å². The summed E-state index contributed by atoms with van der Waals surface area (Å²) in [4.78, 5) is 26.0. The molecule has 1 saturated heterocycles. The Morgan fingerprint density at radius 2 is 1.88 bits per heavy atom. The van der Waals surface area contributed by atoms with Gasteiger partial charge in [0.1, 0.15) is 0 Å². The van der Waals surface area contributed by atoms with E-state index in [1.54, 1.807) is 11.9 Å². The summed E-state index contributed by atoms with van der Waals surface area (Å²) in [5.41, 5.74) is 0. The minimum atomic E-state index is -0.803. The molecule has 1 aliphatic heterocycles. The highest BCUT2D eigenvalue weighted by atomic mass is 16.4. The first kappa shape index (κ1) is 14.0. The fourth-order valence-corrected chi connectivity index (χ4v) is 2.04. The molecule has 5 nitrogen and oxygen atoms in total. The van der Waals surface area contributed by atoms with E-state index in [1.165, 1.54) is 12.8 Å². The molecule has 0 bridgehead atoms. The summed E-state index contributed by atoms with van der Waals surface area (Å²) in [6.07, 6.45) is 3.68. The van der Waals surface area contributed by atoms with Gasteiger partial charge in [0.05, 0.1) is 0 Å². The summed E-state index contributed by atoms with van der Waals surface area (Å²) in [6, 6.07) is 0. The Labute approximate surface area is 102 Å². The molecule has 5 heteroatoms. The van der Waals surface area contributed by atoms with E-state index in [2.05, 4.69) is 4.90 Å². The van der Waals surface area contributed by atoms with Crippen molar-refractivity contribution >= 4 is 11.9 Å². The predicted octanol–water partition coefficient (Wildman–Crippen LogP) is 0.795. The van der Waals surface area contributed by atoms with Gasteiger partial charge in [0.15, 0.2) is 0 Å². The molecule has 0 atom stereocenters. The first-order chi connectivity index (χ1) is 8.09. The molecule has 1 aliphatic rings. The zero-order valence-corrected chi connectivity index (χ0v) is 10.5. The molecule has 1 fully saturated rings. The van der Waals surface area contributed by atoms with E-state index in [0.717, 1.165) is 19.6 Å². The van der Waals surface area contributed by atoms with E-state index in [9.17, 15) is 9.59 Å². The second-order valence-corrected chi connectivity index (χ2v) is 4.61.